The molecule has 1 heterocycles. The minimum Gasteiger partial charge on any atom is -0.475 e. The van der Waals surface area contributed by atoms with Gasteiger partial charge in [0.05, 0.1) is 4.92 Å². The number of β-lactam (4-membered cyclic amide) rings is 1. The number of nitro benzene ring substituents is 1. The molecule has 1 fully saturated rings. The van der Waals surface area contributed by atoms with Crippen molar-refractivity contribution < 1.29 is 33.0 Å². The van der Waals surface area contributed by atoms with Crippen molar-refractivity contribution in [3.05, 3.63) is 82.4 Å². The first-order valence-corrected chi connectivity index (χ1v) is 12.4. The first kappa shape index (κ1) is 26.8. The van der Waals surface area contributed by atoms with E-state index in [-0.39, 0.29) is 23.6 Å². The summed E-state index contributed by atoms with van der Waals surface area (Å²) in [7, 11) is 3.56. The predicted octanol–water partition coefficient (Wildman–Crippen LogP) is 2.56. The molecule has 0 radical (unpaired) electrons. The maximum absolute atomic E-state index is 13.2. The second kappa shape index (κ2) is 10.9. The molecule has 1 N–H and O–H groups in total. The van der Waals surface area contributed by atoms with Crippen LogP contribution in [0, 0.1) is 10.1 Å². The van der Waals surface area contributed by atoms with Crippen LogP contribution in [0.3, 0.4) is 0 Å². The van der Waals surface area contributed by atoms with E-state index >= 15 is 0 Å². The van der Waals surface area contributed by atoms with Gasteiger partial charge in [0, 0.05) is 19.1 Å². The monoisotopic (exact) mass is 535 g/mol. The largest absolute Gasteiger partial charge is 0.475 e. The fraction of sp³-hybridized carbons (Fsp3) is 0.261. The molecular formula is C23H22ClN3O8S. The first-order chi connectivity index (χ1) is 17.0. The summed E-state index contributed by atoms with van der Waals surface area (Å²) in [5.41, 5.74) is 0.459. The molecule has 0 aliphatic carbocycles. The van der Waals surface area contributed by atoms with E-state index in [1.807, 2.05) is 0 Å². The SMILES string of the molecule is C=C(C)C(C(=O)OCc1ccc([N+](=O)[O-])cc1)N1C(=O)C(Oc2ccccc2)C1(NC(C)=O)S(=O)Cl. The highest BCUT2D eigenvalue weighted by atomic mass is 35.7. The van der Waals surface area contributed by atoms with E-state index in [1.54, 1.807) is 30.3 Å². The van der Waals surface area contributed by atoms with Crippen molar-refractivity contribution in [3.63, 3.8) is 0 Å². The highest BCUT2D eigenvalue weighted by molar-refractivity contribution is 8.09. The second-order valence-corrected chi connectivity index (χ2v) is 9.81. The lowest BCUT2D eigenvalue weighted by Crippen LogP contribution is -2.85. The summed E-state index contributed by atoms with van der Waals surface area (Å²) in [5, 5.41) is 13.2. The summed E-state index contributed by atoms with van der Waals surface area (Å²) < 4.78 is 23.9. The van der Waals surface area contributed by atoms with Gasteiger partial charge in [0.25, 0.3) is 16.6 Å². The van der Waals surface area contributed by atoms with Crippen molar-refractivity contribution in [2.24, 2.45) is 0 Å². The van der Waals surface area contributed by atoms with Crippen molar-refractivity contribution in [3.8, 4) is 5.75 Å². The average Bonchev–Trinajstić information content (AvgIpc) is 2.83. The number of esters is 1. The molecule has 2 amide bonds. The Hall–Kier alpha value is -3.77. The Kier molecular flexibility index (Phi) is 8.10. The lowest BCUT2D eigenvalue weighted by Gasteiger charge is -2.55. The number of benzene rings is 2. The number of hydrogen-bond acceptors (Lipinski definition) is 8. The van der Waals surface area contributed by atoms with Crippen LogP contribution in [-0.2, 0) is 35.7 Å². The van der Waals surface area contributed by atoms with Gasteiger partial charge in [-0.1, -0.05) is 24.8 Å². The van der Waals surface area contributed by atoms with Crippen LogP contribution >= 0.6 is 10.7 Å². The number of para-hydroxylation sites is 1. The number of nitro groups is 1. The van der Waals surface area contributed by atoms with E-state index in [9.17, 15) is 28.7 Å². The Morgan fingerprint density at radius 2 is 1.83 bits per heavy atom. The number of amides is 2. The fourth-order valence-electron chi connectivity index (χ4n) is 3.66. The average molecular weight is 536 g/mol. The van der Waals surface area contributed by atoms with E-state index in [1.165, 1.54) is 31.2 Å². The van der Waals surface area contributed by atoms with Gasteiger partial charge in [0.2, 0.25) is 12.0 Å². The van der Waals surface area contributed by atoms with Crippen LogP contribution in [0.15, 0.2) is 66.7 Å². The molecule has 3 rings (SSSR count). The maximum Gasteiger partial charge on any atom is 0.333 e. The first-order valence-electron chi connectivity index (χ1n) is 10.5. The normalized spacial score (nSPS) is 20.5. The third-order valence-electron chi connectivity index (χ3n) is 5.25. The van der Waals surface area contributed by atoms with Gasteiger partial charge in [0.15, 0.2) is 16.1 Å². The molecule has 36 heavy (non-hydrogen) atoms. The van der Waals surface area contributed by atoms with Gasteiger partial charge < -0.3 is 14.8 Å². The summed E-state index contributed by atoms with van der Waals surface area (Å²) in [6.07, 6.45) is -1.51. The second-order valence-electron chi connectivity index (χ2n) is 7.90. The number of ether oxygens (including phenoxy) is 2. The van der Waals surface area contributed by atoms with Crippen LogP contribution in [0.2, 0.25) is 0 Å². The van der Waals surface area contributed by atoms with Crippen LogP contribution in [0.1, 0.15) is 19.4 Å². The van der Waals surface area contributed by atoms with Gasteiger partial charge in [-0.2, -0.15) is 0 Å². The number of halogens is 1. The van der Waals surface area contributed by atoms with Gasteiger partial charge in [-0.25, -0.2) is 9.00 Å². The molecule has 13 heteroatoms. The molecule has 1 aliphatic rings. The quantitative estimate of drug-likeness (QED) is 0.122. The van der Waals surface area contributed by atoms with Crippen LogP contribution in [0.25, 0.3) is 0 Å². The van der Waals surface area contributed by atoms with Gasteiger partial charge in [0.1, 0.15) is 12.4 Å². The number of carbonyl (C=O) groups is 3. The summed E-state index contributed by atoms with van der Waals surface area (Å²) in [5.74, 6) is -2.14. The van der Waals surface area contributed by atoms with E-state index in [2.05, 4.69) is 11.9 Å². The van der Waals surface area contributed by atoms with Gasteiger partial charge in [-0.05, 0) is 53.0 Å². The van der Waals surface area contributed by atoms with Gasteiger partial charge >= 0.3 is 5.97 Å². The summed E-state index contributed by atoms with van der Waals surface area (Å²) in [4.78, 5) is 47.4. The third-order valence-corrected chi connectivity index (χ3v) is 6.96. The number of nitrogens with zero attached hydrogens (tertiary/aromatic N) is 2. The topological polar surface area (TPSA) is 145 Å². The number of rotatable bonds is 10. The van der Waals surface area contributed by atoms with Gasteiger partial charge in [-0.15, -0.1) is 0 Å². The minimum atomic E-state index is -2.45. The van der Waals surface area contributed by atoms with Crippen LogP contribution in [0.5, 0.6) is 5.75 Å². The molecule has 0 saturated carbocycles. The van der Waals surface area contributed by atoms with Crippen molar-refractivity contribution in [1.29, 1.82) is 0 Å². The number of nitrogens with one attached hydrogen (secondary N) is 1. The van der Waals surface area contributed by atoms with Crippen molar-refractivity contribution in [2.75, 3.05) is 0 Å². The number of likely N-dealkylation sites (tertiary alicyclic amines) is 1. The Bertz CT molecular complexity index is 1220. The molecule has 0 spiro atoms. The summed E-state index contributed by atoms with van der Waals surface area (Å²) >= 11 is 0. The number of non-ortho nitro benzene ring substituents is 1. The predicted molar refractivity (Wildman–Crippen MR) is 130 cm³/mol. The summed E-state index contributed by atoms with van der Waals surface area (Å²) in [6, 6.07) is 12.0. The smallest absolute Gasteiger partial charge is 0.333 e. The van der Waals surface area contributed by atoms with Crippen LogP contribution in [-0.4, -0.2) is 49.0 Å². The fourth-order valence-corrected chi connectivity index (χ4v) is 5.13. The lowest BCUT2D eigenvalue weighted by molar-refractivity contribution is -0.384. The van der Waals surface area contributed by atoms with E-state index in [0.29, 0.717) is 5.56 Å². The molecule has 190 valence electrons. The van der Waals surface area contributed by atoms with Gasteiger partial charge in [-0.3, -0.25) is 24.6 Å². The van der Waals surface area contributed by atoms with E-state index < -0.39 is 49.9 Å². The molecule has 2 aromatic carbocycles. The number of carbonyl (C=O) groups excluding carboxylic acids is 3. The molecular weight excluding hydrogens is 514 g/mol. The Balaban J connectivity index is 1.90. The van der Waals surface area contributed by atoms with Crippen LogP contribution < -0.4 is 10.1 Å². The van der Waals surface area contributed by atoms with Crippen molar-refractivity contribution in [1.82, 2.24) is 10.2 Å². The standard InChI is InChI=1S/C23H22ClN3O8S/c1-14(2)19(22(30)34-13-16-9-11-17(12-10-16)27(31)32)26-21(29)20(35-18-7-5-4-6-8-18)23(26,36(24)33)25-15(3)28/h4-12,19-20H,1,13H2,2-3H3,(H,25,28). The van der Waals surface area contributed by atoms with E-state index in [0.717, 1.165) is 11.8 Å². The molecule has 1 saturated heterocycles. The Morgan fingerprint density at radius 3 is 2.33 bits per heavy atom. The molecule has 2 aromatic rings. The van der Waals surface area contributed by atoms with E-state index in [4.69, 9.17) is 20.2 Å². The molecule has 1 aliphatic heterocycles. The lowest BCUT2D eigenvalue weighted by atomic mass is 9.96. The zero-order chi connectivity index (χ0) is 26.6. The zero-order valence-electron chi connectivity index (χ0n) is 19.2. The molecule has 0 aromatic heterocycles. The Morgan fingerprint density at radius 1 is 1.22 bits per heavy atom. The highest BCUT2D eigenvalue weighted by Gasteiger charge is 2.70. The highest BCUT2D eigenvalue weighted by Crippen LogP contribution is 2.41. The maximum atomic E-state index is 13.2. The molecule has 4 atom stereocenters. The minimum absolute atomic E-state index is 0.134. The molecule has 0 bridgehead atoms. The third kappa shape index (κ3) is 5.24. The number of hydrogen-bond donors (Lipinski definition) is 1. The molecule has 4 unspecified atom stereocenters. The van der Waals surface area contributed by atoms with Crippen molar-refractivity contribution >= 4 is 44.2 Å². The summed E-state index contributed by atoms with van der Waals surface area (Å²) in [6.45, 7) is 6.06. The van der Waals surface area contributed by atoms with Crippen molar-refractivity contribution in [2.45, 2.75) is 37.6 Å². The Labute approximate surface area is 213 Å². The van der Waals surface area contributed by atoms with Crippen LogP contribution in [0.4, 0.5) is 5.69 Å². The molecule has 11 nitrogen and oxygen atoms in total. The zero-order valence-corrected chi connectivity index (χ0v) is 20.8.